The number of nitrogens with zero attached hydrogens (tertiary/aromatic N) is 1. The Hall–Kier alpha value is -6.96. The SMILES string of the molecule is c1ccc(-c2ccc(-c3ccc4ccc(N(c5ccccc5)c5cccc6c5-c5ccccc5C6(c5ccccc5)c5ccccc5)cc4c3)cc2)cc1. The van der Waals surface area contributed by atoms with E-state index >= 15 is 0 Å². The summed E-state index contributed by atoms with van der Waals surface area (Å²) < 4.78 is 0. The average Bonchev–Trinajstić information content (AvgIpc) is 3.57. The van der Waals surface area contributed by atoms with Crippen LogP contribution in [0.4, 0.5) is 17.1 Å². The summed E-state index contributed by atoms with van der Waals surface area (Å²) in [5.41, 5.74) is 15.4. The fourth-order valence-corrected chi connectivity index (χ4v) is 8.70. The molecule has 0 bridgehead atoms. The highest BCUT2D eigenvalue weighted by molar-refractivity contribution is 5.99. The van der Waals surface area contributed by atoms with Gasteiger partial charge in [0.1, 0.15) is 0 Å². The van der Waals surface area contributed by atoms with Crippen molar-refractivity contribution in [2.75, 3.05) is 4.90 Å². The predicted octanol–water partition coefficient (Wildman–Crippen LogP) is 14.0. The Morgan fingerprint density at radius 2 is 0.833 bits per heavy atom. The maximum atomic E-state index is 2.45. The van der Waals surface area contributed by atoms with E-state index in [1.165, 1.54) is 66.4 Å². The smallest absolute Gasteiger partial charge is 0.0714 e. The van der Waals surface area contributed by atoms with Crippen LogP contribution in [-0.4, -0.2) is 0 Å². The first-order valence-electron chi connectivity index (χ1n) is 18.7. The van der Waals surface area contributed by atoms with Crippen LogP contribution >= 0.6 is 0 Å². The third kappa shape index (κ3) is 5.17. The molecule has 0 fully saturated rings. The minimum atomic E-state index is -0.471. The first-order chi connectivity index (χ1) is 26.8. The van der Waals surface area contributed by atoms with Crippen LogP contribution < -0.4 is 4.90 Å². The van der Waals surface area contributed by atoms with Crippen molar-refractivity contribution in [3.8, 4) is 33.4 Å². The molecule has 0 atom stereocenters. The number of hydrogen-bond acceptors (Lipinski definition) is 1. The highest BCUT2D eigenvalue weighted by atomic mass is 15.1. The van der Waals surface area contributed by atoms with Crippen LogP contribution in [0.25, 0.3) is 44.2 Å². The number of fused-ring (bicyclic) bond motifs is 4. The molecule has 0 aromatic heterocycles. The topological polar surface area (TPSA) is 3.24 Å². The lowest BCUT2D eigenvalue weighted by Gasteiger charge is -2.34. The van der Waals surface area contributed by atoms with Crippen LogP contribution in [0.1, 0.15) is 22.3 Å². The van der Waals surface area contributed by atoms with Crippen LogP contribution in [0.15, 0.2) is 224 Å². The Balaban J connectivity index is 1.16. The monoisotopic (exact) mass is 687 g/mol. The van der Waals surface area contributed by atoms with Crippen LogP contribution in [0, 0.1) is 0 Å². The van der Waals surface area contributed by atoms with Crippen molar-refractivity contribution in [1.82, 2.24) is 0 Å². The summed E-state index contributed by atoms with van der Waals surface area (Å²) in [6.45, 7) is 0. The number of rotatable bonds is 7. The molecule has 54 heavy (non-hydrogen) atoms. The maximum absolute atomic E-state index is 2.45. The molecule has 254 valence electrons. The molecular formula is C53H37N. The highest BCUT2D eigenvalue weighted by Gasteiger charge is 2.47. The van der Waals surface area contributed by atoms with Crippen molar-refractivity contribution in [2.45, 2.75) is 5.41 Å². The summed E-state index contributed by atoms with van der Waals surface area (Å²) in [5, 5.41) is 2.42. The van der Waals surface area contributed by atoms with Gasteiger partial charge in [-0.25, -0.2) is 0 Å². The van der Waals surface area contributed by atoms with E-state index < -0.39 is 5.41 Å². The molecule has 0 radical (unpaired) electrons. The number of benzene rings is 9. The third-order valence-corrected chi connectivity index (χ3v) is 11.1. The Kier molecular flexibility index (Phi) is 7.78. The average molecular weight is 688 g/mol. The Morgan fingerprint density at radius 3 is 1.52 bits per heavy atom. The zero-order valence-electron chi connectivity index (χ0n) is 29.8. The molecule has 0 saturated heterocycles. The third-order valence-electron chi connectivity index (χ3n) is 11.1. The van der Waals surface area contributed by atoms with E-state index in [4.69, 9.17) is 0 Å². The van der Waals surface area contributed by atoms with Gasteiger partial charge in [-0.05, 0) is 97.2 Å². The van der Waals surface area contributed by atoms with Crippen molar-refractivity contribution < 1.29 is 0 Å². The minimum Gasteiger partial charge on any atom is -0.310 e. The molecule has 0 amide bonds. The Labute approximate surface area is 317 Å². The summed E-state index contributed by atoms with van der Waals surface area (Å²) in [6.07, 6.45) is 0. The van der Waals surface area contributed by atoms with Crippen molar-refractivity contribution in [1.29, 1.82) is 0 Å². The zero-order chi connectivity index (χ0) is 35.9. The molecule has 1 nitrogen and oxygen atoms in total. The van der Waals surface area contributed by atoms with E-state index in [2.05, 4.69) is 229 Å². The molecule has 0 saturated carbocycles. The van der Waals surface area contributed by atoms with E-state index in [1.807, 2.05) is 0 Å². The molecule has 1 aliphatic rings. The second-order valence-electron chi connectivity index (χ2n) is 14.1. The van der Waals surface area contributed by atoms with Crippen molar-refractivity contribution in [3.63, 3.8) is 0 Å². The van der Waals surface area contributed by atoms with E-state index in [9.17, 15) is 0 Å². The van der Waals surface area contributed by atoms with Crippen molar-refractivity contribution >= 4 is 27.8 Å². The highest BCUT2D eigenvalue weighted by Crippen LogP contribution is 2.59. The van der Waals surface area contributed by atoms with E-state index in [1.54, 1.807) is 0 Å². The second kappa shape index (κ2) is 13.2. The Morgan fingerprint density at radius 1 is 0.315 bits per heavy atom. The number of para-hydroxylation sites is 1. The fourth-order valence-electron chi connectivity index (χ4n) is 8.70. The van der Waals surface area contributed by atoms with Gasteiger partial charge in [0.15, 0.2) is 0 Å². The summed E-state index contributed by atoms with van der Waals surface area (Å²) in [6, 6.07) is 81.9. The van der Waals surface area contributed by atoms with Gasteiger partial charge in [-0.1, -0.05) is 188 Å². The van der Waals surface area contributed by atoms with Crippen LogP contribution in [0.3, 0.4) is 0 Å². The molecule has 10 rings (SSSR count). The quantitative estimate of drug-likeness (QED) is 0.161. The van der Waals surface area contributed by atoms with E-state index in [0.717, 1.165) is 17.1 Å². The number of hydrogen-bond donors (Lipinski definition) is 0. The largest absolute Gasteiger partial charge is 0.310 e. The molecule has 0 N–H and O–H groups in total. The van der Waals surface area contributed by atoms with Gasteiger partial charge < -0.3 is 4.90 Å². The predicted molar refractivity (Wildman–Crippen MR) is 227 cm³/mol. The van der Waals surface area contributed by atoms with Crippen molar-refractivity contribution in [2.24, 2.45) is 0 Å². The second-order valence-corrected chi connectivity index (χ2v) is 14.1. The van der Waals surface area contributed by atoms with Gasteiger partial charge in [-0.15, -0.1) is 0 Å². The van der Waals surface area contributed by atoms with E-state index in [0.29, 0.717) is 0 Å². The Bertz CT molecular complexity index is 2700. The lowest BCUT2D eigenvalue weighted by molar-refractivity contribution is 0.768. The molecule has 0 unspecified atom stereocenters. The van der Waals surface area contributed by atoms with Crippen LogP contribution in [0.5, 0.6) is 0 Å². The zero-order valence-corrected chi connectivity index (χ0v) is 29.8. The maximum Gasteiger partial charge on any atom is 0.0714 e. The molecule has 9 aromatic carbocycles. The minimum absolute atomic E-state index is 0.471. The van der Waals surface area contributed by atoms with Gasteiger partial charge in [-0.2, -0.15) is 0 Å². The number of anilines is 3. The molecule has 9 aromatic rings. The first kappa shape index (κ1) is 31.7. The van der Waals surface area contributed by atoms with Gasteiger partial charge in [0.2, 0.25) is 0 Å². The summed E-state index contributed by atoms with van der Waals surface area (Å²) in [4.78, 5) is 2.45. The summed E-state index contributed by atoms with van der Waals surface area (Å²) >= 11 is 0. The lowest BCUT2D eigenvalue weighted by Crippen LogP contribution is -2.28. The normalized spacial score (nSPS) is 12.6. The van der Waals surface area contributed by atoms with Gasteiger partial charge in [0.05, 0.1) is 11.1 Å². The van der Waals surface area contributed by atoms with Crippen molar-refractivity contribution in [3.05, 3.63) is 247 Å². The van der Waals surface area contributed by atoms with E-state index in [-0.39, 0.29) is 0 Å². The fraction of sp³-hybridized carbons (Fsp3) is 0.0189. The van der Waals surface area contributed by atoms with Crippen LogP contribution in [-0.2, 0) is 5.41 Å². The molecule has 0 aliphatic heterocycles. The van der Waals surface area contributed by atoms with Gasteiger partial charge >= 0.3 is 0 Å². The molecule has 1 heteroatoms. The molecule has 1 aliphatic carbocycles. The molecule has 0 spiro atoms. The first-order valence-corrected chi connectivity index (χ1v) is 18.7. The van der Waals surface area contributed by atoms with Gasteiger partial charge in [0.25, 0.3) is 0 Å². The van der Waals surface area contributed by atoms with Gasteiger partial charge in [-0.3, -0.25) is 0 Å². The summed E-state index contributed by atoms with van der Waals surface area (Å²) in [7, 11) is 0. The summed E-state index contributed by atoms with van der Waals surface area (Å²) in [5.74, 6) is 0. The molecule has 0 heterocycles. The van der Waals surface area contributed by atoms with Crippen LogP contribution in [0.2, 0.25) is 0 Å². The lowest BCUT2D eigenvalue weighted by atomic mass is 9.68. The van der Waals surface area contributed by atoms with Gasteiger partial charge in [0, 0.05) is 16.9 Å². The molecular weight excluding hydrogens is 651 g/mol. The standard InChI is InChI=1S/C53H37N/c1-5-16-38(17-6-1)39-28-30-40(31-29-39)42-33-32-41-34-35-47(37-43(41)36-42)54(46-22-11-4-12-23-46)51-27-15-26-50-52(51)48-24-13-14-25-49(48)53(50,44-18-7-2-8-19-44)45-20-9-3-10-21-45/h1-37H.